The number of benzene rings is 2. The molecule has 106 valence electrons. The molecule has 0 saturated heterocycles. The SMILES string of the molecule is NC(N)=NN=Cc1ccccc1-c1ccc([N+](=O)[O-])cc1. The van der Waals surface area contributed by atoms with Gasteiger partial charge < -0.3 is 11.5 Å². The van der Waals surface area contributed by atoms with E-state index in [-0.39, 0.29) is 11.6 Å². The summed E-state index contributed by atoms with van der Waals surface area (Å²) < 4.78 is 0. The van der Waals surface area contributed by atoms with Crippen molar-refractivity contribution in [2.45, 2.75) is 0 Å². The number of nitrogens with zero attached hydrogens (tertiary/aromatic N) is 3. The molecule has 2 aromatic carbocycles. The first kappa shape index (κ1) is 14.2. The van der Waals surface area contributed by atoms with E-state index >= 15 is 0 Å². The smallest absolute Gasteiger partial charge is 0.269 e. The van der Waals surface area contributed by atoms with Gasteiger partial charge in [0, 0.05) is 17.7 Å². The van der Waals surface area contributed by atoms with Crippen LogP contribution in [0.4, 0.5) is 5.69 Å². The van der Waals surface area contributed by atoms with Gasteiger partial charge in [-0.25, -0.2) is 0 Å². The molecule has 0 aromatic heterocycles. The third-order valence-electron chi connectivity index (χ3n) is 2.72. The van der Waals surface area contributed by atoms with Gasteiger partial charge in [-0.3, -0.25) is 10.1 Å². The summed E-state index contributed by atoms with van der Waals surface area (Å²) in [6, 6.07) is 13.7. The molecule has 0 saturated carbocycles. The Hall–Kier alpha value is -3.22. The van der Waals surface area contributed by atoms with Gasteiger partial charge in [0.25, 0.3) is 5.69 Å². The van der Waals surface area contributed by atoms with Crippen molar-refractivity contribution < 1.29 is 4.92 Å². The minimum absolute atomic E-state index is 0.0467. The highest BCUT2D eigenvalue weighted by molar-refractivity contribution is 5.90. The van der Waals surface area contributed by atoms with Crippen LogP contribution in [0.15, 0.2) is 58.7 Å². The van der Waals surface area contributed by atoms with E-state index in [9.17, 15) is 10.1 Å². The predicted molar refractivity (Wildman–Crippen MR) is 81.9 cm³/mol. The van der Waals surface area contributed by atoms with Gasteiger partial charge in [0.1, 0.15) is 0 Å². The van der Waals surface area contributed by atoms with Gasteiger partial charge in [0.05, 0.1) is 11.1 Å². The van der Waals surface area contributed by atoms with E-state index in [1.54, 1.807) is 12.1 Å². The first-order valence-electron chi connectivity index (χ1n) is 6.04. The van der Waals surface area contributed by atoms with E-state index in [1.807, 2.05) is 24.3 Å². The van der Waals surface area contributed by atoms with Crippen LogP contribution in [0.2, 0.25) is 0 Å². The van der Waals surface area contributed by atoms with Gasteiger partial charge in [-0.2, -0.15) is 5.10 Å². The minimum Gasteiger partial charge on any atom is -0.369 e. The van der Waals surface area contributed by atoms with Gasteiger partial charge in [-0.1, -0.05) is 24.3 Å². The number of nitro groups is 1. The molecular formula is C14H13N5O2. The Morgan fingerprint density at radius 1 is 1.10 bits per heavy atom. The fraction of sp³-hybridized carbons (Fsp3) is 0. The molecule has 0 aliphatic heterocycles. The van der Waals surface area contributed by atoms with Crippen LogP contribution in [-0.4, -0.2) is 17.1 Å². The molecule has 7 heteroatoms. The van der Waals surface area contributed by atoms with E-state index < -0.39 is 4.92 Å². The Kier molecular flexibility index (Phi) is 4.25. The second kappa shape index (κ2) is 6.29. The number of nitro benzene ring substituents is 1. The van der Waals surface area contributed by atoms with Gasteiger partial charge in [-0.15, -0.1) is 5.10 Å². The molecule has 2 rings (SSSR count). The highest BCUT2D eigenvalue weighted by Crippen LogP contribution is 2.24. The summed E-state index contributed by atoms with van der Waals surface area (Å²) in [4.78, 5) is 10.2. The number of rotatable bonds is 4. The molecule has 0 spiro atoms. The Labute approximate surface area is 120 Å². The van der Waals surface area contributed by atoms with Crippen molar-refractivity contribution in [1.29, 1.82) is 0 Å². The van der Waals surface area contributed by atoms with Crippen LogP contribution < -0.4 is 11.5 Å². The molecule has 7 nitrogen and oxygen atoms in total. The largest absolute Gasteiger partial charge is 0.369 e. The van der Waals surface area contributed by atoms with E-state index in [0.29, 0.717) is 0 Å². The Morgan fingerprint density at radius 3 is 2.38 bits per heavy atom. The molecular weight excluding hydrogens is 270 g/mol. The zero-order chi connectivity index (χ0) is 15.2. The minimum atomic E-state index is -0.435. The molecule has 0 aliphatic rings. The molecule has 0 fully saturated rings. The van der Waals surface area contributed by atoms with Crippen LogP contribution in [0.25, 0.3) is 11.1 Å². The van der Waals surface area contributed by atoms with Crippen LogP contribution in [0.3, 0.4) is 0 Å². The average Bonchev–Trinajstić information content (AvgIpc) is 2.47. The first-order chi connectivity index (χ1) is 10.1. The van der Waals surface area contributed by atoms with E-state index in [2.05, 4.69) is 10.2 Å². The van der Waals surface area contributed by atoms with Gasteiger partial charge >= 0.3 is 0 Å². The maximum atomic E-state index is 10.7. The van der Waals surface area contributed by atoms with Crippen molar-refractivity contribution in [2.24, 2.45) is 21.7 Å². The summed E-state index contributed by atoms with van der Waals surface area (Å²) >= 11 is 0. The van der Waals surface area contributed by atoms with Crippen molar-refractivity contribution in [1.82, 2.24) is 0 Å². The maximum absolute atomic E-state index is 10.7. The molecule has 0 heterocycles. The maximum Gasteiger partial charge on any atom is 0.269 e. The summed E-state index contributed by atoms with van der Waals surface area (Å²) in [6.07, 6.45) is 1.52. The standard InChI is InChI=1S/C14H13N5O2/c15-14(16)18-17-9-11-3-1-2-4-13(11)10-5-7-12(8-6-10)19(20)21/h1-9H,(H4,15,16,18). The van der Waals surface area contributed by atoms with Crippen LogP contribution >= 0.6 is 0 Å². The van der Waals surface area contributed by atoms with Crippen molar-refractivity contribution in [2.75, 3.05) is 0 Å². The van der Waals surface area contributed by atoms with Crippen molar-refractivity contribution in [3.05, 3.63) is 64.2 Å². The molecule has 0 aliphatic carbocycles. The van der Waals surface area contributed by atoms with Gasteiger partial charge in [0.15, 0.2) is 0 Å². The molecule has 0 bridgehead atoms. The number of nitrogens with two attached hydrogens (primary N) is 2. The van der Waals surface area contributed by atoms with Gasteiger partial charge in [0.2, 0.25) is 5.96 Å². The van der Waals surface area contributed by atoms with Gasteiger partial charge in [-0.05, 0) is 23.3 Å². The number of hydrogen-bond acceptors (Lipinski definition) is 4. The second-order valence-corrected chi connectivity index (χ2v) is 4.16. The lowest BCUT2D eigenvalue weighted by Gasteiger charge is -2.05. The number of non-ortho nitro benzene ring substituents is 1. The fourth-order valence-corrected chi connectivity index (χ4v) is 1.79. The predicted octanol–water partition coefficient (Wildman–Crippen LogP) is 1.87. The molecule has 0 atom stereocenters. The monoisotopic (exact) mass is 283 g/mol. The Morgan fingerprint density at radius 2 is 1.76 bits per heavy atom. The first-order valence-corrected chi connectivity index (χ1v) is 6.04. The van der Waals surface area contributed by atoms with Crippen molar-refractivity contribution >= 4 is 17.9 Å². The highest BCUT2D eigenvalue weighted by atomic mass is 16.6. The number of hydrogen-bond donors (Lipinski definition) is 2. The second-order valence-electron chi connectivity index (χ2n) is 4.16. The van der Waals surface area contributed by atoms with Crippen molar-refractivity contribution in [3.8, 4) is 11.1 Å². The summed E-state index contributed by atoms with van der Waals surface area (Å²) in [5.74, 6) is -0.126. The molecule has 4 N–H and O–H groups in total. The quantitative estimate of drug-likeness (QED) is 0.385. The van der Waals surface area contributed by atoms with E-state index in [1.165, 1.54) is 18.3 Å². The molecule has 0 unspecified atom stereocenters. The van der Waals surface area contributed by atoms with Crippen LogP contribution in [0.1, 0.15) is 5.56 Å². The normalized spacial score (nSPS) is 10.5. The Bertz CT molecular complexity index is 704. The lowest BCUT2D eigenvalue weighted by atomic mass is 10.0. The van der Waals surface area contributed by atoms with E-state index in [0.717, 1.165) is 16.7 Å². The highest BCUT2D eigenvalue weighted by Gasteiger charge is 2.07. The summed E-state index contributed by atoms with van der Waals surface area (Å²) in [6.45, 7) is 0. The van der Waals surface area contributed by atoms with Crippen LogP contribution in [-0.2, 0) is 0 Å². The third-order valence-corrected chi connectivity index (χ3v) is 2.72. The fourth-order valence-electron chi connectivity index (χ4n) is 1.79. The van der Waals surface area contributed by atoms with Crippen LogP contribution in [0.5, 0.6) is 0 Å². The van der Waals surface area contributed by atoms with Crippen molar-refractivity contribution in [3.63, 3.8) is 0 Å². The Balaban J connectivity index is 2.37. The third kappa shape index (κ3) is 3.63. The summed E-state index contributed by atoms with van der Waals surface area (Å²) in [5, 5.41) is 18.0. The average molecular weight is 283 g/mol. The zero-order valence-electron chi connectivity index (χ0n) is 11.0. The topological polar surface area (TPSA) is 120 Å². The zero-order valence-corrected chi connectivity index (χ0v) is 11.0. The molecule has 0 amide bonds. The summed E-state index contributed by atoms with van der Waals surface area (Å²) in [7, 11) is 0. The number of guanidine groups is 1. The summed E-state index contributed by atoms with van der Waals surface area (Å²) in [5.41, 5.74) is 13.0. The van der Waals surface area contributed by atoms with E-state index in [4.69, 9.17) is 11.5 Å². The lowest BCUT2D eigenvalue weighted by Crippen LogP contribution is -2.21. The van der Waals surface area contributed by atoms with Crippen LogP contribution in [0, 0.1) is 10.1 Å². The lowest BCUT2D eigenvalue weighted by molar-refractivity contribution is -0.384. The molecule has 2 aromatic rings. The molecule has 21 heavy (non-hydrogen) atoms. The molecule has 0 radical (unpaired) electrons.